The molecule has 5 heteroatoms. The second-order valence-electron chi connectivity index (χ2n) is 5.66. The third kappa shape index (κ3) is 4.93. The van der Waals surface area contributed by atoms with Crippen LogP contribution in [-0.4, -0.2) is 27.1 Å². The van der Waals surface area contributed by atoms with E-state index in [0.717, 1.165) is 12.7 Å². The lowest BCUT2D eigenvalue weighted by atomic mass is 9.98. The molecule has 0 bridgehead atoms. The van der Waals surface area contributed by atoms with Crippen molar-refractivity contribution in [2.45, 2.75) is 24.2 Å². The van der Waals surface area contributed by atoms with Crippen molar-refractivity contribution in [3.8, 4) is 0 Å². The molecule has 2 aromatic carbocycles. The first-order valence-electron chi connectivity index (χ1n) is 7.51. The van der Waals surface area contributed by atoms with E-state index in [1.54, 1.807) is 12.1 Å². The van der Waals surface area contributed by atoms with Gasteiger partial charge in [-0.1, -0.05) is 43.3 Å². The number of hydrogen-bond donors (Lipinski definition) is 1. The first-order valence-corrected chi connectivity index (χ1v) is 9.40. The van der Waals surface area contributed by atoms with Crippen LogP contribution in [0.4, 0.5) is 0 Å². The maximum absolute atomic E-state index is 12.1. The summed E-state index contributed by atoms with van der Waals surface area (Å²) in [4.78, 5) is 12.3. The molecular formula is C18H21NO3S. The van der Waals surface area contributed by atoms with Crippen LogP contribution in [0.3, 0.4) is 0 Å². The van der Waals surface area contributed by atoms with Gasteiger partial charge in [-0.05, 0) is 36.1 Å². The molecule has 4 nitrogen and oxygen atoms in total. The molecule has 1 amide bonds. The Balaban J connectivity index is 1.93. The molecule has 0 saturated heterocycles. The first-order chi connectivity index (χ1) is 10.9. The fraction of sp³-hybridized carbons (Fsp3) is 0.278. The summed E-state index contributed by atoms with van der Waals surface area (Å²) in [5, 5.41) is 2.84. The van der Waals surface area contributed by atoms with Crippen LogP contribution in [-0.2, 0) is 9.84 Å². The highest BCUT2D eigenvalue weighted by molar-refractivity contribution is 7.90. The van der Waals surface area contributed by atoms with Gasteiger partial charge in [0.05, 0.1) is 4.90 Å². The number of sulfone groups is 1. The summed E-state index contributed by atoms with van der Waals surface area (Å²) in [5.74, 6) is 0.0922. The molecule has 0 radical (unpaired) electrons. The average molecular weight is 331 g/mol. The van der Waals surface area contributed by atoms with Crippen LogP contribution >= 0.6 is 0 Å². The number of carbonyl (C=O) groups excluding carboxylic acids is 1. The lowest BCUT2D eigenvalue weighted by Crippen LogP contribution is -2.25. The lowest BCUT2D eigenvalue weighted by molar-refractivity contribution is 0.0952. The summed E-state index contributed by atoms with van der Waals surface area (Å²) < 4.78 is 23.1. The highest BCUT2D eigenvalue weighted by atomic mass is 32.2. The van der Waals surface area contributed by atoms with E-state index in [2.05, 4.69) is 24.4 Å². The molecule has 23 heavy (non-hydrogen) atoms. The Kier molecular flexibility index (Phi) is 5.55. The van der Waals surface area contributed by atoms with Crippen molar-refractivity contribution in [1.29, 1.82) is 0 Å². The van der Waals surface area contributed by atoms with Gasteiger partial charge >= 0.3 is 0 Å². The molecule has 0 fully saturated rings. The maximum Gasteiger partial charge on any atom is 0.251 e. The molecule has 0 saturated carbocycles. The molecule has 0 aromatic heterocycles. The second kappa shape index (κ2) is 7.42. The third-order valence-corrected chi connectivity index (χ3v) is 4.87. The van der Waals surface area contributed by atoms with Crippen molar-refractivity contribution in [3.63, 3.8) is 0 Å². The highest BCUT2D eigenvalue weighted by Gasteiger charge is 2.12. The SMILES string of the molecule is CC(CCNC(=O)c1cccc(S(C)(=O)=O)c1)c1ccccc1. The summed E-state index contributed by atoms with van der Waals surface area (Å²) in [6.07, 6.45) is 1.95. The third-order valence-electron chi connectivity index (χ3n) is 3.76. The van der Waals surface area contributed by atoms with Gasteiger partial charge in [0, 0.05) is 18.4 Å². The molecule has 1 N–H and O–H groups in total. The van der Waals surface area contributed by atoms with Gasteiger partial charge in [0.25, 0.3) is 5.91 Å². The minimum Gasteiger partial charge on any atom is -0.352 e. The Morgan fingerprint density at radius 1 is 1.09 bits per heavy atom. The van der Waals surface area contributed by atoms with Crippen molar-refractivity contribution in [2.75, 3.05) is 12.8 Å². The van der Waals surface area contributed by atoms with Gasteiger partial charge in [-0.25, -0.2) is 8.42 Å². The number of hydrogen-bond acceptors (Lipinski definition) is 3. The smallest absolute Gasteiger partial charge is 0.251 e. The van der Waals surface area contributed by atoms with E-state index in [-0.39, 0.29) is 10.8 Å². The van der Waals surface area contributed by atoms with Crippen LogP contribution in [0.25, 0.3) is 0 Å². The minimum absolute atomic E-state index is 0.155. The monoisotopic (exact) mass is 331 g/mol. The first kappa shape index (κ1) is 17.2. The lowest BCUT2D eigenvalue weighted by Gasteiger charge is -2.12. The predicted octanol–water partition coefficient (Wildman–Crippen LogP) is 3.01. The van der Waals surface area contributed by atoms with E-state index in [1.807, 2.05) is 18.2 Å². The Bertz CT molecular complexity index is 770. The Morgan fingerprint density at radius 3 is 2.43 bits per heavy atom. The fourth-order valence-corrected chi connectivity index (χ4v) is 2.99. The van der Waals surface area contributed by atoms with Gasteiger partial charge in [-0.15, -0.1) is 0 Å². The average Bonchev–Trinajstić information content (AvgIpc) is 2.54. The number of rotatable bonds is 6. The Morgan fingerprint density at radius 2 is 1.78 bits per heavy atom. The van der Waals surface area contributed by atoms with Crippen LogP contribution in [0.15, 0.2) is 59.5 Å². The van der Waals surface area contributed by atoms with Crippen LogP contribution in [0.5, 0.6) is 0 Å². The normalized spacial score (nSPS) is 12.6. The van der Waals surface area contributed by atoms with Crippen molar-refractivity contribution in [2.24, 2.45) is 0 Å². The van der Waals surface area contributed by atoms with Crippen LogP contribution < -0.4 is 5.32 Å². The van der Waals surface area contributed by atoms with E-state index in [1.165, 1.54) is 17.7 Å². The van der Waals surface area contributed by atoms with E-state index in [0.29, 0.717) is 18.0 Å². The molecule has 1 unspecified atom stereocenters. The van der Waals surface area contributed by atoms with Gasteiger partial charge < -0.3 is 5.32 Å². The van der Waals surface area contributed by atoms with Gasteiger partial charge in [0.15, 0.2) is 9.84 Å². The number of carbonyl (C=O) groups is 1. The zero-order chi connectivity index (χ0) is 16.9. The Labute approximate surface area is 137 Å². The van der Waals surface area contributed by atoms with E-state index in [4.69, 9.17) is 0 Å². The standard InChI is InChI=1S/C18H21NO3S/c1-14(15-7-4-3-5-8-15)11-12-19-18(20)16-9-6-10-17(13-16)23(2,21)22/h3-10,13-14H,11-12H2,1-2H3,(H,19,20). The molecule has 0 spiro atoms. The van der Waals surface area contributed by atoms with E-state index < -0.39 is 9.84 Å². The molecule has 2 rings (SSSR count). The van der Waals surface area contributed by atoms with Crippen molar-refractivity contribution >= 4 is 15.7 Å². The zero-order valence-electron chi connectivity index (χ0n) is 13.3. The van der Waals surface area contributed by atoms with E-state index >= 15 is 0 Å². The van der Waals surface area contributed by atoms with Gasteiger partial charge in [-0.2, -0.15) is 0 Å². The molecule has 0 aliphatic rings. The molecule has 2 aromatic rings. The van der Waals surface area contributed by atoms with Crippen molar-refractivity contribution in [1.82, 2.24) is 5.32 Å². The molecule has 0 aliphatic heterocycles. The van der Waals surface area contributed by atoms with Gasteiger partial charge in [0.2, 0.25) is 0 Å². The maximum atomic E-state index is 12.1. The second-order valence-corrected chi connectivity index (χ2v) is 7.67. The number of benzene rings is 2. The topological polar surface area (TPSA) is 63.2 Å². The van der Waals surface area contributed by atoms with Crippen LogP contribution in [0.1, 0.15) is 35.2 Å². The number of amides is 1. The molecule has 1 atom stereocenters. The van der Waals surface area contributed by atoms with Gasteiger partial charge in [0.1, 0.15) is 0 Å². The van der Waals surface area contributed by atoms with E-state index in [9.17, 15) is 13.2 Å². The fourth-order valence-electron chi connectivity index (χ4n) is 2.32. The Hall–Kier alpha value is -2.14. The highest BCUT2D eigenvalue weighted by Crippen LogP contribution is 2.17. The zero-order valence-corrected chi connectivity index (χ0v) is 14.1. The minimum atomic E-state index is -3.31. The number of nitrogens with one attached hydrogen (secondary N) is 1. The largest absolute Gasteiger partial charge is 0.352 e. The molecule has 0 heterocycles. The summed E-state index contributed by atoms with van der Waals surface area (Å²) in [5.41, 5.74) is 1.60. The summed E-state index contributed by atoms with van der Waals surface area (Å²) in [6, 6.07) is 16.2. The molecule has 0 aliphatic carbocycles. The molecule has 122 valence electrons. The van der Waals surface area contributed by atoms with Crippen molar-refractivity contribution in [3.05, 3.63) is 65.7 Å². The predicted molar refractivity (Wildman–Crippen MR) is 91.4 cm³/mol. The van der Waals surface area contributed by atoms with Crippen LogP contribution in [0.2, 0.25) is 0 Å². The summed E-state index contributed by atoms with van der Waals surface area (Å²) >= 11 is 0. The quantitative estimate of drug-likeness (QED) is 0.885. The molecular weight excluding hydrogens is 310 g/mol. The summed E-state index contributed by atoms with van der Waals surface area (Å²) in [6.45, 7) is 2.66. The van der Waals surface area contributed by atoms with Crippen molar-refractivity contribution < 1.29 is 13.2 Å². The summed E-state index contributed by atoms with van der Waals surface area (Å²) in [7, 11) is -3.31. The van der Waals surface area contributed by atoms with Gasteiger partial charge in [-0.3, -0.25) is 4.79 Å². The van der Waals surface area contributed by atoms with Crippen LogP contribution in [0, 0.1) is 0 Å².